The molecule has 1 aliphatic heterocycles. The van der Waals surface area contributed by atoms with Gasteiger partial charge < -0.3 is 14.4 Å². The molecule has 25 heavy (non-hydrogen) atoms. The summed E-state index contributed by atoms with van der Waals surface area (Å²) in [5, 5.41) is 13.9. The van der Waals surface area contributed by atoms with Crippen LogP contribution < -0.4 is 0 Å². The van der Waals surface area contributed by atoms with Gasteiger partial charge in [-0.2, -0.15) is 4.98 Å². The van der Waals surface area contributed by atoms with Crippen molar-refractivity contribution < 1.29 is 19.2 Å². The fourth-order valence-corrected chi connectivity index (χ4v) is 2.70. The number of likely N-dealkylation sites (tertiary alicyclic amines) is 1. The van der Waals surface area contributed by atoms with Gasteiger partial charge in [-0.3, -0.25) is 9.88 Å². The van der Waals surface area contributed by atoms with Crippen LogP contribution in [0.4, 0.5) is 4.79 Å². The summed E-state index contributed by atoms with van der Waals surface area (Å²) >= 11 is 0. The van der Waals surface area contributed by atoms with E-state index in [9.17, 15) is 9.90 Å². The van der Waals surface area contributed by atoms with Gasteiger partial charge in [0.2, 0.25) is 11.7 Å². The fraction of sp³-hybridized carbons (Fsp3) is 0.529. The van der Waals surface area contributed by atoms with Crippen molar-refractivity contribution >= 4 is 6.09 Å². The Morgan fingerprint density at radius 3 is 2.88 bits per heavy atom. The molecule has 1 aliphatic rings. The molecule has 8 nitrogen and oxygen atoms in total. The normalized spacial score (nSPS) is 20.8. The highest BCUT2D eigenvalue weighted by Crippen LogP contribution is 2.33. The predicted molar refractivity (Wildman–Crippen MR) is 88.6 cm³/mol. The maximum atomic E-state index is 12.4. The van der Waals surface area contributed by atoms with Crippen molar-refractivity contribution in [3.05, 3.63) is 29.8 Å². The van der Waals surface area contributed by atoms with Gasteiger partial charge in [-0.05, 0) is 45.4 Å². The summed E-state index contributed by atoms with van der Waals surface area (Å²) in [6, 6.07) is 3.21. The number of hydrogen-bond donors (Lipinski definition) is 1. The second kappa shape index (κ2) is 6.44. The van der Waals surface area contributed by atoms with Crippen LogP contribution in [0.1, 0.15) is 44.7 Å². The standard InChI is InChI=1S/C17H22N4O4/c1-10-5-6-18-12(7-10)14-19-15(25-20-14)13-8-11(22)9-21(13)16(23)24-17(2,3)4/h5-7,11,13,22H,8-9H2,1-4H3/t11-,13-/m0/s1. The lowest BCUT2D eigenvalue weighted by atomic mass is 10.2. The van der Waals surface area contributed by atoms with Crippen molar-refractivity contribution in [1.29, 1.82) is 0 Å². The third-order valence-corrected chi connectivity index (χ3v) is 3.78. The summed E-state index contributed by atoms with van der Waals surface area (Å²) in [6.07, 6.45) is 0.822. The van der Waals surface area contributed by atoms with Gasteiger partial charge in [0.25, 0.3) is 0 Å². The number of ether oxygens (including phenoxy) is 1. The molecule has 2 aromatic rings. The van der Waals surface area contributed by atoms with Crippen LogP contribution in [0.3, 0.4) is 0 Å². The number of carbonyl (C=O) groups excluding carboxylic acids is 1. The summed E-state index contributed by atoms with van der Waals surface area (Å²) in [5.41, 5.74) is 1.00. The molecular formula is C17H22N4O4. The lowest BCUT2D eigenvalue weighted by Crippen LogP contribution is -2.37. The minimum atomic E-state index is -0.662. The quantitative estimate of drug-likeness (QED) is 0.891. The van der Waals surface area contributed by atoms with E-state index in [1.54, 1.807) is 27.0 Å². The zero-order valence-electron chi connectivity index (χ0n) is 14.8. The lowest BCUT2D eigenvalue weighted by Gasteiger charge is -2.26. The minimum Gasteiger partial charge on any atom is -0.444 e. The summed E-state index contributed by atoms with van der Waals surface area (Å²) in [7, 11) is 0. The molecule has 0 radical (unpaired) electrons. The maximum Gasteiger partial charge on any atom is 0.411 e. The molecule has 1 amide bonds. The van der Waals surface area contributed by atoms with Crippen LogP contribution in [0.5, 0.6) is 0 Å². The average Bonchev–Trinajstić information content (AvgIpc) is 3.11. The van der Waals surface area contributed by atoms with Gasteiger partial charge in [0.05, 0.1) is 12.6 Å². The van der Waals surface area contributed by atoms with Crippen molar-refractivity contribution in [3.63, 3.8) is 0 Å². The van der Waals surface area contributed by atoms with E-state index in [0.29, 0.717) is 17.9 Å². The number of hydrogen-bond acceptors (Lipinski definition) is 7. The maximum absolute atomic E-state index is 12.4. The Bertz CT molecular complexity index is 768. The Labute approximate surface area is 145 Å². The number of pyridine rings is 1. The molecule has 2 atom stereocenters. The Morgan fingerprint density at radius 1 is 1.44 bits per heavy atom. The monoisotopic (exact) mass is 346 g/mol. The van der Waals surface area contributed by atoms with E-state index < -0.39 is 23.8 Å². The van der Waals surface area contributed by atoms with E-state index in [0.717, 1.165) is 5.56 Å². The molecule has 3 rings (SSSR count). The van der Waals surface area contributed by atoms with E-state index in [1.807, 2.05) is 19.1 Å². The molecule has 0 bridgehead atoms. The number of aliphatic hydroxyl groups is 1. The first-order valence-electron chi connectivity index (χ1n) is 8.17. The highest BCUT2D eigenvalue weighted by atomic mass is 16.6. The number of carbonyl (C=O) groups is 1. The van der Waals surface area contributed by atoms with E-state index >= 15 is 0 Å². The van der Waals surface area contributed by atoms with Crippen LogP contribution in [-0.4, -0.2) is 49.5 Å². The summed E-state index contributed by atoms with van der Waals surface area (Å²) in [5.74, 6) is 0.616. The van der Waals surface area contributed by atoms with Gasteiger partial charge in [-0.1, -0.05) is 5.16 Å². The van der Waals surface area contributed by atoms with E-state index in [-0.39, 0.29) is 12.4 Å². The second-order valence-corrected chi connectivity index (χ2v) is 7.21. The average molecular weight is 346 g/mol. The van der Waals surface area contributed by atoms with Gasteiger partial charge in [0, 0.05) is 12.6 Å². The molecule has 0 aromatic carbocycles. The third kappa shape index (κ3) is 3.96. The highest BCUT2D eigenvalue weighted by molar-refractivity contribution is 5.69. The molecule has 2 aromatic heterocycles. The molecule has 0 saturated carbocycles. The Morgan fingerprint density at radius 2 is 2.20 bits per heavy atom. The zero-order valence-corrected chi connectivity index (χ0v) is 14.8. The third-order valence-electron chi connectivity index (χ3n) is 3.78. The number of amides is 1. The molecule has 1 N–H and O–H groups in total. The van der Waals surface area contributed by atoms with Gasteiger partial charge in [0.1, 0.15) is 17.3 Å². The Balaban J connectivity index is 1.83. The van der Waals surface area contributed by atoms with Gasteiger partial charge in [-0.15, -0.1) is 0 Å². The van der Waals surface area contributed by atoms with E-state index in [2.05, 4.69) is 15.1 Å². The number of β-amino-alcohol motifs (C(OH)–C–C–N with tert-alkyl or cyclic N) is 1. The molecule has 0 unspecified atom stereocenters. The number of aromatic nitrogens is 3. The Kier molecular flexibility index (Phi) is 4.47. The number of aryl methyl sites for hydroxylation is 1. The lowest BCUT2D eigenvalue weighted by molar-refractivity contribution is 0.0184. The van der Waals surface area contributed by atoms with Crippen molar-refractivity contribution in [1.82, 2.24) is 20.0 Å². The largest absolute Gasteiger partial charge is 0.444 e. The van der Waals surface area contributed by atoms with Gasteiger partial charge in [0.15, 0.2) is 0 Å². The molecule has 134 valence electrons. The summed E-state index contributed by atoms with van der Waals surface area (Å²) < 4.78 is 10.7. The number of rotatable bonds is 2. The van der Waals surface area contributed by atoms with Gasteiger partial charge >= 0.3 is 6.09 Å². The molecule has 1 saturated heterocycles. The Hall–Kier alpha value is -2.48. The SMILES string of the molecule is Cc1ccnc(-c2noc([C@@H]3C[C@H](O)CN3C(=O)OC(C)(C)C)n2)c1. The molecule has 0 aliphatic carbocycles. The van der Waals surface area contributed by atoms with Gasteiger partial charge in [-0.25, -0.2) is 4.79 Å². The van der Waals surface area contributed by atoms with Crippen LogP contribution in [-0.2, 0) is 4.74 Å². The smallest absolute Gasteiger partial charge is 0.411 e. The van der Waals surface area contributed by atoms with Crippen molar-refractivity contribution in [2.45, 2.75) is 51.9 Å². The number of nitrogens with zero attached hydrogens (tertiary/aromatic N) is 4. The van der Waals surface area contributed by atoms with Crippen molar-refractivity contribution in [2.75, 3.05) is 6.54 Å². The van der Waals surface area contributed by atoms with Crippen LogP contribution >= 0.6 is 0 Å². The first-order chi connectivity index (χ1) is 11.7. The van der Waals surface area contributed by atoms with Crippen LogP contribution in [0.2, 0.25) is 0 Å². The molecule has 1 fully saturated rings. The van der Waals surface area contributed by atoms with E-state index in [4.69, 9.17) is 9.26 Å². The summed E-state index contributed by atoms with van der Waals surface area (Å²) in [4.78, 5) is 22.4. The van der Waals surface area contributed by atoms with Crippen molar-refractivity contribution in [3.8, 4) is 11.5 Å². The number of aliphatic hydroxyl groups excluding tert-OH is 1. The summed E-state index contributed by atoms with van der Waals surface area (Å²) in [6.45, 7) is 7.49. The van der Waals surface area contributed by atoms with Crippen LogP contribution in [0, 0.1) is 6.92 Å². The van der Waals surface area contributed by atoms with E-state index in [1.165, 1.54) is 4.90 Å². The molecule has 8 heteroatoms. The first-order valence-corrected chi connectivity index (χ1v) is 8.17. The van der Waals surface area contributed by atoms with Crippen molar-refractivity contribution in [2.24, 2.45) is 0 Å². The van der Waals surface area contributed by atoms with Crippen LogP contribution in [0.25, 0.3) is 11.5 Å². The zero-order chi connectivity index (χ0) is 18.2. The second-order valence-electron chi connectivity index (χ2n) is 7.21. The molecular weight excluding hydrogens is 324 g/mol. The highest BCUT2D eigenvalue weighted by Gasteiger charge is 2.40. The topological polar surface area (TPSA) is 102 Å². The fourth-order valence-electron chi connectivity index (χ4n) is 2.70. The molecule has 3 heterocycles. The minimum absolute atomic E-state index is 0.167. The molecule has 0 spiro atoms. The predicted octanol–water partition coefficient (Wildman–Crippen LogP) is 2.48. The first kappa shape index (κ1) is 17.3. The van der Waals surface area contributed by atoms with Crippen LogP contribution in [0.15, 0.2) is 22.9 Å².